The lowest BCUT2D eigenvalue weighted by Gasteiger charge is -2.15. The van der Waals surface area contributed by atoms with Crippen molar-refractivity contribution in [2.24, 2.45) is 10.9 Å². The van der Waals surface area contributed by atoms with Crippen molar-refractivity contribution in [3.8, 4) is 0 Å². The maximum atomic E-state index is 8.67. The molecule has 5 nitrogen and oxygen atoms in total. The number of hydrogen-bond donors (Lipinski definition) is 2. The second-order valence-electron chi connectivity index (χ2n) is 4.56. The molecule has 0 spiro atoms. The summed E-state index contributed by atoms with van der Waals surface area (Å²) in [7, 11) is 1.97. The second kappa shape index (κ2) is 5.41. The molecule has 0 radical (unpaired) electrons. The molecule has 2 aromatic carbocycles. The van der Waals surface area contributed by atoms with E-state index in [9.17, 15) is 0 Å². The van der Waals surface area contributed by atoms with E-state index in [1.54, 1.807) is 11.3 Å². The Morgan fingerprint density at radius 2 is 1.90 bits per heavy atom. The Morgan fingerprint density at radius 3 is 2.57 bits per heavy atom. The lowest BCUT2D eigenvalue weighted by atomic mass is 10.2. The smallest absolute Gasteiger partial charge is 0.190 e. The first-order valence-corrected chi connectivity index (χ1v) is 7.18. The Hall–Kier alpha value is -2.60. The summed E-state index contributed by atoms with van der Waals surface area (Å²) in [5.41, 5.74) is 8.23. The van der Waals surface area contributed by atoms with Gasteiger partial charge in [0.15, 0.2) is 11.0 Å². The molecule has 0 aliphatic heterocycles. The average molecular weight is 298 g/mol. The lowest BCUT2D eigenvalue weighted by molar-refractivity contribution is 0.318. The molecule has 1 heterocycles. The third kappa shape index (κ3) is 2.53. The molecule has 0 bridgehead atoms. The first-order chi connectivity index (χ1) is 10.2. The van der Waals surface area contributed by atoms with Crippen molar-refractivity contribution in [3.05, 3.63) is 54.1 Å². The molecule has 0 atom stereocenters. The molecule has 106 valence electrons. The van der Waals surface area contributed by atoms with Gasteiger partial charge in [-0.1, -0.05) is 28.6 Å². The van der Waals surface area contributed by atoms with Crippen molar-refractivity contribution >= 4 is 38.2 Å². The molecule has 0 saturated carbocycles. The van der Waals surface area contributed by atoms with Crippen molar-refractivity contribution in [3.63, 3.8) is 0 Å². The number of hydrogen-bond acceptors (Lipinski definition) is 5. The van der Waals surface area contributed by atoms with Crippen LogP contribution in [0.2, 0.25) is 0 Å². The zero-order valence-electron chi connectivity index (χ0n) is 11.4. The number of aromatic nitrogens is 1. The minimum Gasteiger partial charge on any atom is -0.409 e. The lowest BCUT2D eigenvalue weighted by Crippen LogP contribution is -2.14. The van der Waals surface area contributed by atoms with Gasteiger partial charge in [-0.25, -0.2) is 4.98 Å². The van der Waals surface area contributed by atoms with Crippen LogP contribution >= 0.6 is 11.3 Å². The van der Waals surface area contributed by atoms with E-state index in [0.29, 0.717) is 5.56 Å². The standard InChI is InChI=1S/C15H14N4OS/c1-19(11-8-6-10(7-9-11)14(16)18-20)15-17-12-4-2-3-5-13(12)21-15/h2-9,20H,1H3,(H2,16,18). The van der Waals surface area contributed by atoms with E-state index in [-0.39, 0.29) is 5.84 Å². The minimum absolute atomic E-state index is 0.101. The van der Waals surface area contributed by atoms with E-state index in [1.807, 2.05) is 54.4 Å². The number of oxime groups is 1. The summed E-state index contributed by atoms with van der Waals surface area (Å²) < 4.78 is 1.16. The van der Waals surface area contributed by atoms with Crippen molar-refractivity contribution in [2.45, 2.75) is 0 Å². The van der Waals surface area contributed by atoms with Gasteiger partial charge in [-0.05, 0) is 36.4 Å². The maximum Gasteiger partial charge on any atom is 0.190 e. The molecular weight excluding hydrogens is 284 g/mol. The van der Waals surface area contributed by atoms with Crippen LogP contribution in [0.3, 0.4) is 0 Å². The van der Waals surface area contributed by atoms with E-state index in [0.717, 1.165) is 21.0 Å². The predicted molar refractivity (Wildman–Crippen MR) is 86.6 cm³/mol. The van der Waals surface area contributed by atoms with Gasteiger partial charge in [0, 0.05) is 18.3 Å². The van der Waals surface area contributed by atoms with E-state index >= 15 is 0 Å². The van der Waals surface area contributed by atoms with Crippen LogP contribution in [0.1, 0.15) is 5.56 Å². The number of nitrogens with two attached hydrogens (primary N) is 1. The van der Waals surface area contributed by atoms with E-state index in [2.05, 4.69) is 16.2 Å². The summed E-state index contributed by atoms with van der Waals surface area (Å²) in [5.74, 6) is 0.101. The number of rotatable bonds is 3. The van der Waals surface area contributed by atoms with Crippen LogP contribution in [0.15, 0.2) is 53.7 Å². The van der Waals surface area contributed by atoms with Crippen molar-refractivity contribution < 1.29 is 5.21 Å². The molecule has 0 saturated heterocycles. The van der Waals surface area contributed by atoms with Gasteiger partial charge in [0.1, 0.15) is 0 Å². The number of amidine groups is 1. The monoisotopic (exact) mass is 298 g/mol. The third-order valence-corrected chi connectivity index (χ3v) is 4.34. The molecule has 0 amide bonds. The maximum absolute atomic E-state index is 8.67. The van der Waals surface area contributed by atoms with Crippen molar-refractivity contribution in [1.82, 2.24) is 4.98 Å². The fraction of sp³-hybridized carbons (Fsp3) is 0.0667. The fourth-order valence-corrected chi connectivity index (χ4v) is 2.98. The van der Waals surface area contributed by atoms with Crippen LogP contribution in [-0.2, 0) is 0 Å². The predicted octanol–water partition coefficient (Wildman–Crippen LogP) is 3.16. The van der Waals surface area contributed by atoms with Gasteiger partial charge in [0.2, 0.25) is 0 Å². The zero-order chi connectivity index (χ0) is 14.8. The molecule has 0 aliphatic rings. The van der Waals surface area contributed by atoms with Gasteiger partial charge in [0.05, 0.1) is 10.2 Å². The number of nitrogens with zero attached hydrogens (tertiary/aromatic N) is 3. The van der Waals surface area contributed by atoms with Gasteiger partial charge in [-0.15, -0.1) is 0 Å². The minimum atomic E-state index is 0.101. The topological polar surface area (TPSA) is 74.7 Å². The molecule has 3 aromatic rings. The number of fused-ring (bicyclic) bond motifs is 1. The van der Waals surface area contributed by atoms with Crippen LogP contribution < -0.4 is 10.6 Å². The van der Waals surface area contributed by atoms with Gasteiger partial charge < -0.3 is 15.8 Å². The van der Waals surface area contributed by atoms with E-state index < -0.39 is 0 Å². The van der Waals surface area contributed by atoms with Crippen LogP contribution in [0.4, 0.5) is 10.8 Å². The summed E-state index contributed by atoms with van der Waals surface area (Å²) in [6.45, 7) is 0. The molecule has 3 rings (SSSR count). The van der Waals surface area contributed by atoms with E-state index in [4.69, 9.17) is 10.9 Å². The first kappa shape index (κ1) is 13.4. The van der Waals surface area contributed by atoms with Crippen LogP contribution in [0, 0.1) is 0 Å². The molecule has 6 heteroatoms. The Kier molecular flexibility index (Phi) is 3.45. The Morgan fingerprint density at radius 1 is 1.19 bits per heavy atom. The highest BCUT2D eigenvalue weighted by Crippen LogP contribution is 2.32. The number of anilines is 2. The van der Waals surface area contributed by atoms with Gasteiger partial charge in [-0.3, -0.25) is 0 Å². The summed E-state index contributed by atoms with van der Waals surface area (Å²) in [6, 6.07) is 15.5. The van der Waals surface area contributed by atoms with Gasteiger partial charge in [-0.2, -0.15) is 0 Å². The SMILES string of the molecule is CN(c1ccc(C(N)=NO)cc1)c1nc2ccccc2s1. The first-order valence-electron chi connectivity index (χ1n) is 6.36. The molecule has 3 N–H and O–H groups in total. The number of benzene rings is 2. The Bertz CT molecular complexity index is 762. The second-order valence-corrected chi connectivity index (χ2v) is 5.56. The van der Waals surface area contributed by atoms with Gasteiger partial charge >= 0.3 is 0 Å². The Balaban J connectivity index is 1.92. The highest BCUT2D eigenvalue weighted by atomic mass is 32.1. The van der Waals surface area contributed by atoms with Crippen molar-refractivity contribution in [1.29, 1.82) is 0 Å². The summed E-state index contributed by atoms with van der Waals surface area (Å²) in [5, 5.41) is 12.6. The molecule has 0 aliphatic carbocycles. The third-order valence-electron chi connectivity index (χ3n) is 3.23. The van der Waals surface area contributed by atoms with Crippen LogP contribution in [-0.4, -0.2) is 23.1 Å². The average Bonchev–Trinajstić information content (AvgIpc) is 2.97. The fourth-order valence-electron chi connectivity index (χ4n) is 2.03. The normalized spacial score (nSPS) is 11.8. The summed E-state index contributed by atoms with van der Waals surface area (Å²) in [6.07, 6.45) is 0. The molecule has 21 heavy (non-hydrogen) atoms. The largest absolute Gasteiger partial charge is 0.409 e. The summed E-state index contributed by atoms with van der Waals surface area (Å²) >= 11 is 1.64. The number of para-hydroxylation sites is 1. The van der Waals surface area contributed by atoms with E-state index in [1.165, 1.54) is 0 Å². The summed E-state index contributed by atoms with van der Waals surface area (Å²) in [4.78, 5) is 6.63. The molecule has 1 aromatic heterocycles. The zero-order valence-corrected chi connectivity index (χ0v) is 12.2. The van der Waals surface area contributed by atoms with Crippen molar-refractivity contribution in [2.75, 3.05) is 11.9 Å². The van der Waals surface area contributed by atoms with Gasteiger partial charge in [0.25, 0.3) is 0 Å². The van der Waals surface area contributed by atoms with Crippen LogP contribution in [0.5, 0.6) is 0 Å². The quantitative estimate of drug-likeness (QED) is 0.337. The highest BCUT2D eigenvalue weighted by molar-refractivity contribution is 7.22. The number of thiazole rings is 1. The highest BCUT2D eigenvalue weighted by Gasteiger charge is 2.10. The molecule has 0 unspecified atom stereocenters. The Labute approximate surface area is 126 Å². The molecular formula is C15H14N4OS. The molecule has 0 fully saturated rings. The van der Waals surface area contributed by atoms with Crippen LogP contribution in [0.25, 0.3) is 10.2 Å².